The van der Waals surface area contributed by atoms with E-state index in [1.54, 1.807) is 0 Å². The molecule has 0 unspecified atom stereocenters. The predicted octanol–water partition coefficient (Wildman–Crippen LogP) is 13.7. The molecule has 0 aromatic heterocycles. The molecule has 0 spiro atoms. The monoisotopic (exact) mass is 709 g/mol. The summed E-state index contributed by atoms with van der Waals surface area (Å²) in [6, 6.07) is 0. The van der Waals surface area contributed by atoms with Gasteiger partial charge >= 0.3 is 17.9 Å². The van der Waals surface area contributed by atoms with Crippen molar-refractivity contribution in [3.05, 3.63) is 0 Å². The third kappa shape index (κ3) is 37.7. The number of ether oxygens (including phenoxy) is 3. The number of hydrogen-bond donors (Lipinski definition) is 0. The van der Waals surface area contributed by atoms with Crippen LogP contribution in [0.15, 0.2) is 0 Å². The van der Waals surface area contributed by atoms with Gasteiger partial charge in [-0.15, -0.1) is 0 Å². The highest BCUT2D eigenvalue weighted by atomic mass is 16.6. The van der Waals surface area contributed by atoms with E-state index in [9.17, 15) is 14.4 Å². The van der Waals surface area contributed by atoms with Crippen LogP contribution >= 0.6 is 0 Å². The summed E-state index contributed by atoms with van der Waals surface area (Å²) in [6.45, 7) is 6.60. The van der Waals surface area contributed by atoms with Gasteiger partial charge in [0.2, 0.25) is 0 Å². The highest BCUT2D eigenvalue weighted by Crippen LogP contribution is 2.15. The molecule has 0 fully saturated rings. The molecule has 0 saturated heterocycles. The van der Waals surface area contributed by atoms with Gasteiger partial charge in [0.15, 0.2) is 6.10 Å². The normalized spacial score (nSPS) is 11.8. The summed E-state index contributed by atoms with van der Waals surface area (Å²) in [4.78, 5) is 37.5. The van der Waals surface area contributed by atoms with Crippen LogP contribution in [0.4, 0.5) is 0 Å². The molecule has 6 nitrogen and oxygen atoms in total. The predicted molar refractivity (Wildman–Crippen MR) is 210 cm³/mol. The summed E-state index contributed by atoms with van der Waals surface area (Å²) in [5.41, 5.74) is 0. The van der Waals surface area contributed by atoms with Crippen molar-refractivity contribution in [3.8, 4) is 0 Å². The number of hydrogen-bond acceptors (Lipinski definition) is 6. The molecule has 0 aromatic carbocycles. The molecule has 0 aliphatic rings. The van der Waals surface area contributed by atoms with Crippen LogP contribution in [0.1, 0.15) is 245 Å². The van der Waals surface area contributed by atoms with Crippen molar-refractivity contribution in [2.45, 2.75) is 252 Å². The van der Waals surface area contributed by atoms with E-state index in [-0.39, 0.29) is 31.1 Å². The smallest absolute Gasteiger partial charge is 0.306 e. The number of carbonyl (C=O) groups is 3. The van der Waals surface area contributed by atoms with Crippen LogP contribution in [-0.4, -0.2) is 37.2 Å². The Morgan fingerprint density at radius 1 is 0.320 bits per heavy atom. The zero-order valence-electron chi connectivity index (χ0n) is 33.7. The van der Waals surface area contributed by atoms with Crippen LogP contribution in [0.2, 0.25) is 0 Å². The van der Waals surface area contributed by atoms with Gasteiger partial charge in [0, 0.05) is 19.3 Å². The largest absolute Gasteiger partial charge is 0.462 e. The van der Waals surface area contributed by atoms with Gasteiger partial charge < -0.3 is 14.2 Å². The third-order valence-electron chi connectivity index (χ3n) is 9.86. The molecule has 0 aliphatic heterocycles. The summed E-state index contributed by atoms with van der Waals surface area (Å²) < 4.78 is 16.6. The van der Waals surface area contributed by atoms with Gasteiger partial charge in [-0.3, -0.25) is 14.4 Å². The van der Waals surface area contributed by atoms with E-state index < -0.39 is 6.10 Å². The van der Waals surface area contributed by atoms with Crippen molar-refractivity contribution in [2.24, 2.45) is 0 Å². The van der Waals surface area contributed by atoms with Crippen LogP contribution in [0.5, 0.6) is 0 Å². The molecule has 6 heteroatoms. The number of esters is 3. The molecule has 0 aromatic rings. The Kier molecular flexibility index (Phi) is 38.9. The molecule has 0 aliphatic carbocycles. The van der Waals surface area contributed by atoms with Crippen molar-refractivity contribution in [1.82, 2.24) is 0 Å². The van der Waals surface area contributed by atoms with Gasteiger partial charge in [-0.2, -0.15) is 0 Å². The van der Waals surface area contributed by atoms with Crippen LogP contribution in [0, 0.1) is 0 Å². The molecular formula is C44H84O6. The molecule has 0 heterocycles. The summed E-state index contributed by atoms with van der Waals surface area (Å²) in [5, 5.41) is 0. The molecule has 0 radical (unpaired) electrons. The van der Waals surface area contributed by atoms with Crippen LogP contribution in [0.3, 0.4) is 0 Å². The minimum Gasteiger partial charge on any atom is -0.462 e. The van der Waals surface area contributed by atoms with E-state index >= 15 is 0 Å². The highest BCUT2D eigenvalue weighted by molar-refractivity contribution is 5.71. The molecule has 50 heavy (non-hydrogen) atoms. The second-order valence-corrected chi connectivity index (χ2v) is 15.0. The van der Waals surface area contributed by atoms with E-state index in [0.29, 0.717) is 19.3 Å². The third-order valence-corrected chi connectivity index (χ3v) is 9.86. The van der Waals surface area contributed by atoms with Gasteiger partial charge in [0.1, 0.15) is 13.2 Å². The minimum absolute atomic E-state index is 0.0634. The quantitative estimate of drug-likeness (QED) is 0.0358. The van der Waals surface area contributed by atoms with Gasteiger partial charge in [0.05, 0.1) is 0 Å². The summed E-state index contributed by atoms with van der Waals surface area (Å²) in [5.74, 6) is -0.862. The number of carbonyl (C=O) groups excluding carboxylic acids is 3. The average Bonchev–Trinajstić information content (AvgIpc) is 3.11. The van der Waals surface area contributed by atoms with Crippen LogP contribution in [0.25, 0.3) is 0 Å². The summed E-state index contributed by atoms with van der Waals surface area (Å²) >= 11 is 0. The van der Waals surface area contributed by atoms with Crippen molar-refractivity contribution in [1.29, 1.82) is 0 Å². The first kappa shape index (κ1) is 48.4. The summed E-state index contributed by atoms with van der Waals surface area (Å²) in [7, 11) is 0. The van der Waals surface area contributed by atoms with E-state index in [1.807, 2.05) is 0 Å². The van der Waals surface area contributed by atoms with E-state index in [2.05, 4.69) is 20.8 Å². The lowest BCUT2D eigenvalue weighted by Crippen LogP contribution is -2.30. The maximum Gasteiger partial charge on any atom is 0.306 e. The van der Waals surface area contributed by atoms with Gasteiger partial charge in [0.25, 0.3) is 0 Å². The van der Waals surface area contributed by atoms with E-state index in [1.165, 1.54) is 148 Å². The minimum atomic E-state index is -0.756. The lowest BCUT2D eigenvalue weighted by molar-refractivity contribution is -0.167. The Morgan fingerprint density at radius 2 is 0.540 bits per heavy atom. The van der Waals surface area contributed by atoms with E-state index in [4.69, 9.17) is 14.2 Å². The first-order chi connectivity index (χ1) is 24.5. The number of rotatable bonds is 40. The molecule has 0 bridgehead atoms. The maximum atomic E-state index is 12.6. The first-order valence-corrected chi connectivity index (χ1v) is 22.0. The Morgan fingerprint density at radius 3 is 0.800 bits per heavy atom. The Balaban J connectivity index is 4.23. The van der Waals surface area contributed by atoms with Crippen molar-refractivity contribution in [3.63, 3.8) is 0 Å². The molecule has 1 atom stereocenters. The lowest BCUT2D eigenvalue weighted by atomic mass is 10.0. The standard InChI is InChI=1S/C44H84O6/c1-4-7-10-13-16-18-20-21-22-23-24-26-28-31-34-37-43(46)49-40-41(39-48-42(45)36-33-30-27-15-12-9-6-3)50-44(47)38-35-32-29-25-19-17-14-11-8-5-2/h41H,4-40H2,1-3H3/t41-/m1/s1. The first-order valence-electron chi connectivity index (χ1n) is 22.0. The van der Waals surface area contributed by atoms with Gasteiger partial charge in [-0.25, -0.2) is 0 Å². The molecular weight excluding hydrogens is 624 g/mol. The molecule has 296 valence electrons. The highest BCUT2D eigenvalue weighted by Gasteiger charge is 2.19. The fourth-order valence-corrected chi connectivity index (χ4v) is 6.50. The van der Waals surface area contributed by atoms with E-state index in [0.717, 1.165) is 57.8 Å². The molecule has 0 saturated carbocycles. The van der Waals surface area contributed by atoms with Gasteiger partial charge in [-0.1, -0.05) is 207 Å². The van der Waals surface area contributed by atoms with Crippen molar-refractivity contribution < 1.29 is 28.6 Å². The van der Waals surface area contributed by atoms with Crippen LogP contribution < -0.4 is 0 Å². The zero-order valence-corrected chi connectivity index (χ0v) is 33.7. The average molecular weight is 709 g/mol. The van der Waals surface area contributed by atoms with Crippen molar-refractivity contribution >= 4 is 17.9 Å². The SMILES string of the molecule is CCCCCCCCCCCCCCCCCC(=O)OC[C@@H](COC(=O)CCCCCCCCC)OC(=O)CCCCCCCCCCCC. The molecule has 0 N–H and O–H groups in total. The lowest BCUT2D eigenvalue weighted by Gasteiger charge is -2.18. The molecule has 0 rings (SSSR count). The Bertz CT molecular complexity index is 738. The molecule has 0 amide bonds. The Hall–Kier alpha value is -1.59. The topological polar surface area (TPSA) is 78.9 Å². The fourth-order valence-electron chi connectivity index (χ4n) is 6.50. The van der Waals surface area contributed by atoms with Crippen LogP contribution in [-0.2, 0) is 28.6 Å². The number of unbranched alkanes of at least 4 members (excludes halogenated alkanes) is 29. The van der Waals surface area contributed by atoms with Crippen molar-refractivity contribution in [2.75, 3.05) is 13.2 Å². The zero-order chi connectivity index (χ0) is 36.6. The Labute approximate surface area is 310 Å². The maximum absolute atomic E-state index is 12.6. The summed E-state index contributed by atoms with van der Waals surface area (Å²) in [6.07, 6.45) is 39.5. The van der Waals surface area contributed by atoms with Gasteiger partial charge in [-0.05, 0) is 19.3 Å². The second-order valence-electron chi connectivity index (χ2n) is 15.0. The second kappa shape index (κ2) is 40.2. The fraction of sp³-hybridized carbons (Fsp3) is 0.932.